The lowest BCUT2D eigenvalue weighted by Gasteiger charge is -2.07. The molecule has 0 radical (unpaired) electrons. The topological polar surface area (TPSA) is 51.2 Å². The molecule has 1 aromatic heterocycles. The molecule has 0 aliphatic carbocycles. The minimum absolute atomic E-state index is 0.194. The van der Waals surface area contributed by atoms with E-state index in [0.717, 1.165) is 18.4 Å². The molecule has 4 nitrogen and oxygen atoms in total. The zero-order chi connectivity index (χ0) is 12.5. The molecule has 4 heteroatoms. The Kier molecular flexibility index (Phi) is 6.25. The summed E-state index contributed by atoms with van der Waals surface area (Å²) in [6, 6.07) is 1.95. The Bertz CT molecular complexity index is 353. The Morgan fingerprint density at radius 3 is 3.06 bits per heavy atom. The third-order valence-corrected chi connectivity index (χ3v) is 2.49. The summed E-state index contributed by atoms with van der Waals surface area (Å²) in [6.07, 6.45) is 5.53. The van der Waals surface area contributed by atoms with E-state index in [-0.39, 0.29) is 12.5 Å². The number of carbonyl (C=O) groups excluding carboxylic acids is 1. The number of hydrogen-bond donors (Lipinski definition) is 1. The number of nitrogens with zero attached hydrogens (tertiary/aromatic N) is 1. The smallest absolute Gasteiger partial charge is 0.319 e. The maximum absolute atomic E-state index is 11.3. The van der Waals surface area contributed by atoms with Crippen molar-refractivity contribution in [1.29, 1.82) is 0 Å². The Balaban J connectivity index is 2.19. The lowest BCUT2D eigenvalue weighted by Crippen LogP contribution is -2.25. The molecule has 94 valence electrons. The second kappa shape index (κ2) is 7.79. The zero-order valence-corrected chi connectivity index (χ0v) is 10.5. The summed E-state index contributed by atoms with van der Waals surface area (Å²) in [5, 5.41) is 3.05. The van der Waals surface area contributed by atoms with Crippen molar-refractivity contribution in [3.05, 3.63) is 29.6 Å². The number of carbonyl (C=O) groups is 1. The second-order valence-electron chi connectivity index (χ2n) is 3.98. The highest BCUT2D eigenvalue weighted by molar-refractivity contribution is 5.71. The van der Waals surface area contributed by atoms with E-state index < -0.39 is 0 Å². The van der Waals surface area contributed by atoms with Gasteiger partial charge in [0.05, 0.1) is 13.2 Å². The van der Waals surface area contributed by atoms with Crippen LogP contribution >= 0.6 is 0 Å². The van der Waals surface area contributed by atoms with Crippen LogP contribution in [0.5, 0.6) is 0 Å². The Labute approximate surface area is 102 Å². The number of aromatic nitrogens is 1. The molecule has 0 bridgehead atoms. The van der Waals surface area contributed by atoms with Crippen molar-refractivity contribution in [2.24, 2.45) is 0 Å². The predicted octanol–water partition coefficient (Wildman–Crippen LogP) is 1.82. The lowest BCUT2D eigenvalue weighted by molar-refractivity contribution is -0.142. The second-order valence-corrected chi connectivity index (χ2v) is 3.98. The standard InChI is InChI=1S/C13H20N2O2/c1-3-4-7-17-13(16)10-15-9-12-8-14-6-5-11(12)2/h5-6,8,15H,3-4,7,9-10H2,1-2H3. The van der Waals surface area contributed by atoms with Crippen LogP contribution in [0.3, 0.4) is 0 Å². The van der Waals surface area contributed by atoms with Gasteiger partial charge >= 0.3 is 5.97 Å². The molecule has 0 unspecified atom stereocenters. The van der Waals surface area contributed by atoms with Crippen LogP contribution in [0.4, 0.5) is 0 Å². The Morgan fingerprint density at radius 1 is 1.53 bits per heavy atom. The van der Waals surface area contributed by atoms with Crippen molar-refractivity contribution >= 4 is 5.97 Å². The number of unbranched alkanes of at least 4 members (excludes halogenated alkanes) is 1. The number of rotatable bonds is 7. The third kappa shape index (κ3) is 5.45. The van der Waals surface area contributed by atoms with Gasteiger partial charge in [-0.05, 0) is 30.5 Å². The first kappa shape index (κ1) is 13.6. The molecule has 0 saturated heterocycles. The van der Waals surface area contributed by atoms with Gasteiger partial charge in [-0.2, -0.15) is 0 Å². The van der Waals surface area contributed by atoms with Crippen LogP contribution in [0.2, 0.25) is 0 Å². The van der Waals surface area contributed by atoms with E-state index in [1.807, 2.05) is 19.2 Å². The molecule has 1 N–H and O–H groups in total. The van der Waals surface area contributed by atoms with Gasteiger partial charge in [0.25, 0.3) is 0 Å². The van der Waals surface area contributed by atoms with Crippen LogP contribution in [0.15, 0.2) is 18.5 Å². The average Bonchev–Trinajstić information content (AvgIpc) is 2.32. The van der Waals surface area contributed by atoms with Crippen molar-refractivity contribution in [3.8, 4) is 0 Å². The van der Waals surface area contributed by atoms with E-state index in [2.05, 4.69) is 17.2 Å². The van der Waals surface area contributed by atoms with Gasteiger partial charge in [-0.15, -0.1) is 0 Å². The molecule has 1 rings (SSSR count). The Morgan fingerprint density at radius 2 is 2.35 bits per heavy atom. The van der Waals surface area contributed by atoms with Crippen LogP contribution in [0.1, 0.15) is 30.9 Å². The number of esters is 1. The van der Waals surface area contributed by atoms with Gasteiger partial charge in [0.15, 0.2) is 0 Å². The Hall–Kier alpha value is -1.42. The summed E-state index contributed by atoms with van der Waals surface area (Å²) in [4.78, 5) is 15.3. The maximum Gasteiger partial charge on any atom is 0.319 e. The van der Waals surface area contributed by atoms with Gasteiger partial charge in [-0.1, -0.05) is 13.3 Å². The first-order valence-electron chi connectivity index (χ1n) is 6.00. The minimum Gasteiger partial charge on any atom is -0.465 e. The molecular formula is C13H20N2O2. The maximum atomic E-state index is 11.3. The number of pyridine rings is 1. The van der Waals surface area contributed by atoms with E-state index in [4.69, 9.17) is 4.74 Å². The van der Waals surface area contributed by atoms with Crippen molar-refractivity contribution in [1.82, 2.24) is 10.3 Å². The molecule has 0 aliphatic rings. The van der Waals surface area contributed by atoms with Crippen molar-refractivity contribution in [2.75, 3.05) is 13.2 Å². The molecule has 0 atom stereocenters. The van der Waals surface area contributed by atoms with Crippen LogP contribution < -0.4 is 5.32 Å². The predicted molar refractivity (Wildman–Crippen MR) is 66.5 cm³/mol. The van der Waals surface area contributed by atoms with Gasteiger partial charge in [-0.3, -0.25) is 9.78 Å². The molecule has 1 aromatic rings. The van der Waals surface area contributed by atoms with E-state index in [1.54, 1.807) is 6.20 Å². The fourth-order valence-corrected chi connectivity index (χ4v) is 1.36. The summed E-state index contributed by atoms with van der Waals surface area (Å²) in [5.41, 5.74) is 2.28. The molecule has 0 aliphatic heterocycles. The quantitative estimate of drug-likeness (QED) is 0.579. The molecule has 0 spiro atoms. The van der Waals surface area contributed by atoms with E-state index in [0.29, 0.717) is 13.2 Å². The molecule has 1 heterocycles. The summed E-state index contributed by atoms with van der Waals surface area (Å²) >= 11 is 0. The summed E-state index contributed by atoms with van der Waals surface area (Å²) in [5.74, 6) is -0.194. The van der Waals surface area contributed by atoms with E-state index in [9.17, 15) is 4.79 Å². The van der Waals surface area contributed by atoms with Crippen molar-refractivity contribution in [3.63, 3.8) is 0 Å². The summed E-state index contributed by atoms with van der Waals surface area (Å²) in [7, 11) is 0. The van der Waals surface area contributed by atoms with Crippen molar-refractivity contribution < 1.29 is 9.53 Å². The van der Waals surface area contributed by atoms with Gasteiger partial charge in [0, 0.05) is 18.9 Å². The van der Waals surface area contributed by atoms with Gasteiger partial charge in [0.2, 0.25) is 0 Å². The molecule has 0 aromatic carbocycles. The third-order valence-electron chi connectivity index (χ3n) is 2.49. The summed E-state index contributed by atoms with van der Waals surface area (Å²) < 4.78 is 5.03. The molecule has 0 saturated carbocycles. The number of nitrogens with one attached hydrogen (secondary N) is 1. The van der Waals surface area contributed by atoms with Crippen LogP contribution in [0, 0.1) is 6.92 Å². The van der Waals surface area contributed by atoms with Crippen molar-refractivity contribution in [2.45, 2.75) is 33.2 Å². The molecule has 0 amide bonds. The SMILES string of the molecule is CCCCOC(=O)CNCc1cnccc1C. The fraction of sp³-hybridized carbons (Fsp3) is 0.538. The first-order valence-corrected chi connectivity index (χ1v) is 6.00. The highest BCUT2D eigenvalue weighted by Gasteiger charge is 2.02. The van der Waals surface area contributed by atoms with Gasteiger partial charge in [0.1, 0.15) is 0 Å². The van der Waals surface area contributed by atoms with Gasteiger partial charge in [-0.25, -0.2) is 0 Å². The molecule has 0 fully saturated rings. The van der Waals surface area contributed by atoms with Crippen LogP contribution in [0.25, 0.3) is 0 Å². The lowest BCUT2D eigenvalue weighted by atomic mass is 10.2. The number of ether oxygens (including phenoxy) is 1. The van der Waals surface area contributed by atoms with E-state index >= 15 is 0 Å². The number of hydrogen-bond acceptors (Lipinski definition) is 4. The molecule has 17 heavy (non-hydrogen) atoms. The zero-order valence-electron chi connectivity index (χ0n) is 10.5. The highest BCUT2D eigenvalue weighted by atomic mass is 16.5. The average molecular weight is 236 g/mol. The first-order chi connectivity index (χ1) is 8.24. The fourth-order valence-electron chi connectivity index (χ4n) is 1.36. The number of aryl methyl sites for hydroxylation is 1. The van der Waals surface area contributed by atoms with Crippen LogP contribution in [-0.2, 0) is 16.1 Å². The summed E-state index contributed by atoms with van der Waals surface area (Å²) in [6.45, 7) is 5.50. The normalized spacial score (nSPS) is 10.2. The molecular weight excluding hydrogens is 216 g/mol. The van der Waals surface area contributed by atoms with Gasteiger partial charge < -0.3 is 10.1 Å². The van der Waals surface area contributed by atoms with E-state index in [1.165, 1.54) is 5.56 Å². The van der Waals surface area contributed by atoms with Crippen LogP contribution in [-0.4, -0.2) is 24.1 Å². The largest absolute Gasteiger partial charge is 0.465 e. The monoisotopic (exact) mass is 236 g/mol. The highest BCUT2D eigenvalue weighted by Crippen LogP contribution is 2.03. The minimum atomic E-state index is -0.194.